The van der Waals surface area contributed by atoms with Crippen molar-refractivity contribution in [3.8, 4) is 11.4 Å². The molecule has 3 N–H and O–H groups in total. The van der Waals surface area contributed by atoms with Crippen LogP contribution in [0.5, 0.6) is 5.75 Å². The number of nitrogens with zero attached hydrogens (tertiary/aromatic N) is 2. The van der Waals surface area contributed by atoms with Crippen molar-refractivity contribution < 1.29 is 9.90 Å². The highest BCUT2D eigenvalue weighted by Gasteiger charge is 2.14. The van der Waals surface area contributed by atoms with Crippen molar-refractivity contribution in [3.05, 3.63) is 70.1 Å². The maximum absolute atomic E-state index is 12.4. The average Bonchev–Trinajstić information content (AvgIpc) is 3.25. The van der Waals surface area contributed by atoms with Gasteiger partial charge in [0, 0.05) is 23.0 Å². The van der Waals surface area contributed by atoms with Crippen LogP contribution in [0.3, 0.4) is 0 Å². The summed E-state index contributed by atoms with van der Waals surface area (Å²) in [5, 5.41) is 15.1. The number of phenols is 1. The van der Waals surface area contributed by atoms with Crippen LogP contribution in [0.1, 0.15) is 10.5 Å². The van der Waals surface area contributed by atoms with Gasteiger partial charge in [-0.15, -0.1) is 11.3 Å². The van der Waals surface area contributed by atoms with Crippen LogP contribution in [0.4, 0.5) is 5.13 Å². The van der Waals surface area contributed by atoms with Crippen molar-refractivity contribution in [2.45, 2.75) is 0 Å². The Labute approximate surface area is 145 Å². The number of fused-ring (bicyclic) bond motifs is 1. The number of carbonyl (C=O) groups excluding carboxylic acids is 1. The van der Waals surface area contributed by atoms with Gasteiger partial charge < -0.3 is 10.1 Å². The molecule has 0 aliphatic carbocycles. The van der Waals surface area contributed by atoms with Crippen LogP contribution in [0.25, 0.3) is 16.7 Å². The molecule has 0 atom stereocenters. The zero-order valence-corrected chi connectivity index (χ0v) is 13.6. The number of anilines is 1. The highest BCUT2D eigenvalue weighted by atomic mass is 32.1. The van der Waals surface area contributed by atoms with Crippen molar-refractivity contribution in [1.29, 1.82) is 0 Å². The number of thiazole rings is 1. The van der Waals surface area contributed by atoms with Crippen molar-refractivity contribution in [2.75, 3.05) is 5.32 Å². The van der Waals surface area contributed by atoms with Crippen LogP contribution >= 0.6 is 11.3 Å². The van der Waals surface area contributed by atoms with Gasteiger partial charge in [0.05, 0.1) is 5.69 Å². The van der Waals surface area contributed by atoms with E-state index >= 15 is 0 Å². The number of carbonyl (C=O) groups is 1. The summed E-state index contributed by atoms with van der Waals surface area (Å²) in [6.45, 7) is 0. The first-order chi connectivity index (χ1) is 12.1. The molecule has 1 amide bonds. The molecule has 4 aromatic rings. The van der Waals surface area contributed by atoms with Crippen LogP contribution in [-0.4, -0.2) is 25.5 Å². The minimum Gasteiger partial charge on any atom is -0.508 e. The van der Waals surface area contributed by atoms with E-state index in [1.807, 2.05) is 0 Å². The van der Waals surface area contributed by atoms with Gasteiger partial charge in [0.25, 0.3) is 11.5 Å². The second kappa shape index (κ2) is 5.91. The molecule has 4 rings (SSSR count). The first-order valence-corrected chi connectivity index (χ1v) is 8.25. The van der Waals surface area contributed by atoms with Gasteiger partial charge in [0.2, 0.25) is 0 Å². The number of H-pyrrole nitrogens is 1. The van der Waals surface area contributed by atoms with Crippen LogP contribution in [0.15, 0.2) is 58.8 Å². The SMILES string of the molecule is O=C(Nc1nccs1)c1cc2ccc(=O)n(-c3ccc(O)cc3)c2[nH]1. The Bertz CT molecular complexity index is 1110. The Morgan fingerprint density at radius 1 is 1.20 bits per heavy atom. The summed E-state index contributed by atoms with van der Waals surface area (Å²) in [6, 6.07) is 11.0. The average molecular weight is 352 g/mol. The Morgan fingerprint density at radius 2 is 2.00 bits per heavy atom. The predicted octanol–water partition coefficient (Wildman–Crippen LogP) is 2.73. The number of aromatic nitrogens is 3. The lowest BCUT2D eigenvalue weighted by molar-refractivity contribution is 0.102. The lowest BCUT2D eigenvalue weighted by Gasteiger charge is -2.07. The number of hydrogen-bond donors (Lipinski definition) is 3. The molecule has 0 bridgehead atoms. The third kappa shape index (κ3) is 2.79. The fourth-order valence-corrected chi connectivity index (χ4v) is 3.07. The molecular formula is C17H12N4O3S. The molecule has 8 heteroatoms. The van der Waals surface area contributed by atoms with Gasteiger partial charge in [-0.25, -0.2) is 4.98 Å². The molecule has 124 valence electrons. The number of pyridine rings is 1. The summed E-state index contributed by atoms with van der Waals surface area (Å²) in [6.07, 6.45) is 1.61. The van der Waals surface area contributed by atoms with Crippen molar-refractivity contribution in [1.82, 2.24) is 14.5 Å². The molecule has 0 fully saturated rings. The van der Waals surface area contributed by atoms with Gasteiger partial charge in [-0.2, -0.15) is 0 Å². The predicted molar refractivity (Wildman–Crippen MR) is 95.6 cm³/mol. The zero-order chi connectivity index (χ0) is 17.4. The number of rotatable bonds is 3. The summed E-state index contributed by atoms with van der Waals surface area (Å²) in [7, 11) is 0. The van der Waals surface area contributed by atoms with Gasteiger partial charge in [0.15, 0.2) is 5.13 Å². The Balaban J connectivity index is 1.80. The van der Waals surface area contributed by atoms with E-state index in [2.05, 4.69) is 15.3 Å². The van der Waals surface area contributed by atoms with Gasteiger partial charge in [-0.1, -0.05) is 0 Å². The molecule has 25 heavy (non-hydrogen) atoms. The number of hydrogen-bond acceptors (Lipinski definition) is 5. The van der Waals surface area contributed by atoms with E-state index in [9.17, 15) is 14.7 Å². The van der Waals surface area contributed by atoms with E-state index in [-0.39, 0.29) is 17.2 Å². The molecule has 1 aromatic carbocycles. The smallest absolute Gasteiger partial charge is 0.273 e. The van der Waals surface area contributed by atoms with E-state index in [4.69, 9.17) is 0 Å². The minimum absolute atomic E-state index is 0.110. The van der Waals surface area contributed by atoms with Crippen molar-refractivity contribution in [3.63, 3.8) is 0 Å². The van der Waals surface area contributed by atoms with Crippen LogP contribution < -0.4 is 10.9 Å². The molecular weight excluding hydrogens is 340 g/mol. The third-order valence-electron chi connectivity index (χ3n) is 3.68. The van der Waals surface area contributed by atoms with E-state index in [0.29, 0.717) is 22.2 Å². The Kier molecular flexibility index (Phi) is 3.58. The minimum atomic E-state index is -0.337. The molecule has 0 saturated heterocycles. The molecule has 0 spiro atoms. The summed E-state index contributed by atoms with van der Waals surface area (Å²) < 4.78 is 1.45. The number of benzene rings is 1. The first kappa shape index (κ1) is 15.2. The molecule has 3 aromatic heterocycles. The summed E-state index contributed by atoms with van der Waals surface area (Å²) in [5.74, 6) is -0.227. The van der Waals surface area contributed by atoms with E-state index < -0.39 is 0 Å². The number of aromatic hydroxyl groups is 1. The van der Waals surface area contributed by atoms with Crippen molar-refractivity contribution in [2.24, 2.45) is 0 Å². The highest BCUT2D eigenvalue weighted by Crippen LogP contribution is 2.20. The van der Waals surface area contributed by atoms with Gasteiger partial charge in [-0.05, 0) is 36.4 Å². The van der Waals surface area contributed by atoms with Gasteiger partial charge in [0.1, 0.15) is 17.1 Å². The lowest BCUT2D eigenvalue weighted by Crippen LogP contribution is -2.17. The van der Waals surface area contributed by atoms with Gasteiger partial charge in [-0.3, -0.25) is 19.5 Å². The summed E-state index contributed by atoms with van der Waals surface area (Å²) in [4.78, 5) is 31.7. The number of phenolic OH excluding ortho intramolecular Hbond substituents is 1. The number of nitrogens with one attached hydrogen (secondary N) is 2. The van der Waals surface area contributed by atoms with E-state index in [1.165, 1.54) is 34.1 Å². The monoisotopic (exact) mass is 352 g/mol. The third-order valence-corrected chi connectivity index (χ3v) is 4.37. The second-order valence-electron chi connectivity index (χ2n) is 5.30. The van der Waals surface area contributed by atoms with E-state index in [0.717, 1.165) is 5.39 Å². The lowest BCUT2D eigenvalue weighted by atomic mass is 10.2. The normalized spacial score (nSPS) is 10.9. The quantitative estimate of drug-likeness (QED) is 0.528. The van der Waals surface area contributed by atoms with Crippen LogP contribution in [-0.2, 0) is 0 Å². The van der Waals surface area contributed by atoms with Crippen LogP contribution in [0, 0.1) is 0 Å². The molecule has 0 radical (unpaired) electrons. The fourth-order valence-electron chi connectivity index (χ4n) is 2.55. The Morgan fingerprint density at radius 3 is 2.72 bits per heavy atom. The number of aromatic amines is 1. The molecule has 0 aliphatic heterocycles. The maximum Gasteiger partial charge on any atom is 0.273 e. The number of amides is 1. The topological polar surface area (TPSA) is 100 Å². The largest absolute Gasteiger partial charge is 0.508 e. The van der Waals surface area contributed by atoms with E-state index in [1.54, 1.807) is 35.8 Å². The Hall–Kier alpha value is -3.39. The summed E-state index contributed by atoms with van der Waals surface area (Å²) >= 11 is 1.32. The molecule has 0 aliphatic rings. The van der Waals surface area contributed by atoms with Crippen molar-refractivity contribution >= 4 is 33.4 Å². The van der Waals surface area contributed by atoms with Crippen LogP contribution in [0.2, 0.25) is 0 Å². The van der Waals surface area contributed by atoms with Gasteiger partial charge >= 0.3 is 0 Å². The second-order valence-corrected chi connectivity index (χ2v) is 6.20. The zero-order valence-electron chi connectivity index (χ0n) is 12.8. The highest BCUT2D eigenvalue weighted by molar-refractivity contribution is 7.13. The standard InChI is InChI=1S/C17H12N4O3S/c22-12-4-2-11(3-5-12)21-14(23)6-1-10-9-13(19-15(10)21)16(24)20-17-18-7-8-25-17/h1-9,19,22H,(H,18,20,24). The first-order valence-electron chi connectivity index (χ1n) is 7.37. The fraction of sp³-hybridized carbons (Fsp3) is 0. The maximum atomic E-state index is 12.4. The molecule has 0 saturated carbocycles. The summed E-state index contributed by atoms with van der Waals surface area (Å²) in [5.41, 5.74) is 1.17. The molecule has 3 heterocycles. The molecule has 7 nitrogen and oxygen atoms in total. The molecule has 0 unspecified atom stereocenters.